The second-order valence-electron chi connectivity index (χ2n) is 14.2. The molecule has 0 radical (unpaired) electrons. The fourth-order valence-corrected chi connectivity index (χ4v) is 9.21. The van der Waals surface area contributed by atoms with E-state index in [1.807, 2.05) is 29.5 Å². The highest BCUT2D eigenvalue weighted by atomic mass is 32.1. The number of nitrogens with zero attached hydrogens (tertiary/aromatic N) is 2. The van der Waals surface area contributed by atoms with Crippen molar-refractivity contribution in [3.05, 3.63) is 181 Å². The molecule has 0 bridgehead atoms. The third kappa shape index (κ3) is 5.00. The average molecular weight is 683 g/mol. The Hall–Kier alpha value is -6.16. The molecule has 2 nitrogen and oxygen atoms in total. The molecule has 0 amide bonds. The minimum atomic E-state index is -0.0305. The van der Waals surface area contributed by atoms with Crippen LogP contribution in [0.3, 0.4) is 0 Å². The molecule has 0 saturated heterocycles. The SMILES string of the molecule is CC1(C)c2ccccc2-c2ccc(-c3ccc(-c4cc(-c5ccc(-c6cccc7c6sc6ccccc67)cc5)nc(-c5ccccc5)n4)cc3)cc21. The summed E-state index contributed by atoms with van der Waals surface area (Å²) in [5.74, 6) is 0.719. The summed E-state index contributed by atoms with van der Waals surface area (Å²) in [5, 5.41) is 2.63. The van der Waals surface area contributed by atoms with E-state index in [1.165, 1.54) is 64.7 Å². The molecule has 3 heteroatoms. The van der Waals surface area contributed by atoms with Crippen LogP contribution in [-0.4, -0.2) is 9.97 Å². The van der Waals surface area contributed by atoms with Gasteiger partial charge in [-0.2, -0.15) is 0 Å². The van der Waals surface area contributed by atoms with Gasteiger partial charge < -0.3 is 0 Å². The highest BCUT2D eigenvalue weighted by Gasteiger charge is 2.35. The van der Waals surface area contributed by atoms with Gasteiger partial charge in [0.2, 0.25) is 0 Å². The Morgan fingerprint density at radius 2 is 0.981 bits per heavy atom. The summed E-state index contributed by atoms with van der Waals surface area (Å²) < 4.78 is 2.64. The first-order valence-electron chi connectivity index (χ1n) is 17.8. The fourth-order valence-electron chi connectivity index (χ4n) is 7.97. The van der Waals surface area contributed by atoms with Gasteiger partial charge in [0, 0.05) is 42.3 Å². The number of hydrogen-bond donors (Lipinski definition) is 0. The monoisotopic (exact) mass is 682 g/mol. The second-order valence-corrected chi connectivity index (χ2v) is 15.2. The molecule has 0 atom stereocenters. The van der Waals surface area contributed by atoms with Crippen LogP contribution >= 0.6 is 11.3 Å². The number of aromatic nitrogens is 2. The molecule has 7 aromatic carbocycles. The van der Waals surface area contributed by atoms with Crippen molar-refractivity contribution < 1.29 is 0 Å². The van der Waals surface area contributed by atoms with E-state index in [0.717, 1.165) is 33.9 Å². The molecular formula is C49H34N2S. The molecule has 0 aliphatic heterocycles. The van der Waals surface area contributed by atoms with Crippen molar-refractivity contribution in [3.8, 4) is 67.3 Å². The summed E-state index contributed by atoms with van der Waals surface area (Å²) in [6, 6.07) is 61.1. The highest BCUT2D eigenvalue weighted by molar-refractivity contribution is 7.26. The van der Waals surface area contributed by atoms with Crippen LogP contribution < -0.4 is 0 Å². The number of thiophene rings is 1. The molecule has 52 heavy (non-hydrogen) atoms. The minimum absolute atomic E-state index is 0.0305. The molecule has 9 aromatic rings. The Morgan fingerprint density at radius 1 is 0.404 bits per heavy atom. The predicted molar refractivity (Wildman–Crippen MR) is 220 cm³/mol. The maximum absolute atomic E-state index is 5.10. The van der Waals surface area contributed by atoms with Crippen LogP contribution in [0.1, 0.15) is 25.0 Å². The summed E-state index contributed by atoms with van der Waals surface area (Å²) >= 11 is 1.86. The van der Waals surface area contributed by atoms with Crippen molar-refractivity contribution in [1.82, 2.24) is 9.97 Å². The summed E-state index contributed by atoms with van der Waals surface area (Å²) in [7, 11) is 0. The largest absolute Gasteiger partial charge is 0.228 e. The standard InChI is InChI=1S/C49H34N2S/c1-49(2)42-17-8-6-13-38(42)39-28-27-36(29-43(39)49)31-19-23-33(24-20-31)44-30-45(51-48(50-44)35-11-4-3-5-12-35)34-25-21-32(22-26-34)37-15-10-16-41-40-14-7-9-18-46(40)52-47(37)41/h3-30H,1-2H3. The van der Waals surface area contributed by atoms with Crippen molar-refractivity contribution >= 4 is 31.5 Å². The lowest BCUT2D eigenvalue weighted by atomic mass is 9.81. The lowest BCUT2D eigenvalue weighted by Gasteiger charge is -2.22. The molecule has 2 aromatic heterocycles. The zero-order chi connectivity index (χ0) is 34.8. The number of fused-ring (bicyclic) bond motifs is 6. The van der Waals surface area contributed by atoms with Gasteiger partial charge in [0.25, 0.3) is 0 Å². The average Bonchev–Trinajstić information content (AvgIpc) is 3.70. The van der Waals surface area contributed by atoms with Gasteiger partial charge in [-0.25, -0.2) is 9.97 Å². The van der Waals surface area contributed by atoms with Gasteiger partial charge in [-0.15, -0.1) is 11.3 Å². The van der Waals surface area contributed by atoms with Gasteiger partial charge in [-0.05, 0) is 62.7 Å². The molecule has 246 valence electrons. The fraction of sp³-hybridized carbons (Fsp3) is 0.0612. The molecule has 0 unspecified atom stereocenters. The predicted octanol–water partition coefficient (Wildman–Crippen LogP) is 13.5. The Labute approximate surface area is 307 Å². The number of hydrogen-bond acceptors (Lipinski definition) is 3. The molecule has 0 N–H and O–H groups in total. The molecule has 1 aliphatic rings. The Morgan fingerprint density at radius 3 is 1.75 bits per heavy atom. The maximum Gasteiger partial charge on any atom is 0.160 e. The van der Waals surface area contributed by atoms with E-state index in [4.69, 9.17) is 9.97 Å². The molecular weight excluding hydrogens is 649 g/mol. The lowest BCUT2D eigenvalue weighted by molar-refractivity contribution is 0.660. The molecule has 0 saturated carbocycles. The summed E-state index contributed by atoms with van der Waals surface area (Å²) in [4.78, 5) is 10.2. The van der Waals surface area contributed by atoms with E-state index < -0.39 is 0 Å². The van der Waals surface area contributed by atoms with E-state index in [9.17, 15) is 0 Å². The first kappa shape index (κ1) is 30.6. The third-order valence-corrected chi connectivity index (χ3v) is 12.0. The van der Waals surface area contributed by atoms with Gasteiger partial charge in [0.15, 0.2) is 5.82 Å². The first-order chi connectivity index (χ1) is 25.5. The van der Waals surface area contributed by atoms with Gasteiger partial charge in [0.05, 0.1) is 11.4 Å². The smallest absolute Gasteiger partial charge is 0.160 e. The van der Waals surface area contributed by atoms with Crippen LogP contribution in [0.5, 0.6) is 0 Å². The first-order valence-corrected chi connectivity index (χ1v) is 18.6. The van der Waals surface area contributed by atoms with Crippen LogP contribution in [0.15, 0.2) is 170 Å². The summed E-state index contributed by atoms with van der Waals surface area (Å²) in [6.07, 6.45) is 0. The Kier molecular flexibility index (Phi) is 7.06. The van der Waals surface area contributed by atoms with Crippen molar-refractivity contribution in [2.75, 3.05) is 0 Å². The van der Waals surface area contributed by atoms with Crippen molar-refractivity contribution in [3.63, 3.8) is 0 Å². The van der Waals surface area contributed by atoms with Crippen LogP contribution in [0.4, 0.5) is 0 Å². The summed E-state index contributed by atoms with van der Waals surface area (Å²) in [5.41, 5.74) is 15.2. The minimum Gasteiger partial charge on any atom is -0.228 e. The molecule has 0 fully saturated rings. The Bertz CT molecular complexity index is 2790. The number of benzene rings is 7. The van der Waals surface area contributed by atoms with Gasteiger partial charge >= 0.3 is 0 Å². The maximum atomic E-state index is 5.10. The molecule has 0 spiro atoms. The van der Waals surface area contributed by atoms with Gasteiger partial charge in [0.1, 0.15) is 0 Å². The van der Waals surface area contributed by atoms with Crippen molar-refractivity contribution in [1.29, 1.82) is 0 Å². The highest BCUT2D eigenvalue weighted by Crippen LogP contribution is 2.49. The molecule has 2 heterocycles. The van der Waals surface area contributed by atoms with Crippen LogP contribution in [0, 0.1) is 0 Å². The van der Waals surface area contributed by atoms with Crippen molar-refractivity contribution in [2.45, 2.75) is 19.3 Å². The van der Waals surface area contributed by atoms with E-state index in [0.29, 0.717) is 0 Å². The lowest BCUT2D eigenvalue weighted by Crippen LogP contribution is -2.14. The van der Waals surface area contributed by atoms with Crippen LogP contribution in [0.25, 0.3) is 87.5 Å². The van der Waals surface area contributed by atoms with E-state index in [2.05, 4.69) is 166 Å². The van der Waals surface area contributed by atoms with E-state index in [-0.39, 0.29) is 5.41 Å². The van der Waals surface area contributed by atoms with E-state index in [1.54, 1.807) is 0 Å². The quantitative estimate of drug-likeness (QED) is 0.181. The van der Waals surface area contributed by atoms with Gasteiger partial charge in [-0.1, -0.05) is 166 Å². The number of rotatable bonds is 5. The van der Waals surface area contributed by atoms with E-state index >= 15 is 0 Å². The normalized spacial score (nSPS) is 13.0. The third-order valence-electron chi connectivity index (χ3n) is 10.8. The molecule has 1 aliphatic carbocycles. The van der Waals surface area contributed by atoms with Gasteiger partial charge in [-0.3, -0.25) is 0 Å². The Balaban J connectivity index is 1.01. The summed E-state index contributed by atoms with van der Waals surface area (Å²) in [6.45, 7) is 4.67. The second kappa shape index (κ2) is 12.0. The van der Waals surface area contributed by atoms with Crippen LogP contribution in [0.2, 0.25) is 0 Å². The topological polar surface area (TPSA) is 25.8 Å². The van der Waals surface area contributed by atoms with Crippen molar-refractivity contribution in [2.24, 2.45) is 0 Å². The zero-order valence-corrected chi connectivity index (χ0v) is 29.8. The van der Waals surface area contributed by atoms with Crippen LogP contribution in [-0.2, 0) is 5.41 Å². The molecule has 10 rings (SSSR count). The zero-order valence-electron chi connectivity index (χ0n) is 29.0.